The molecule has 0 amide bonds. The van der Waals surface area contributed by atoms with E-state index in [9.17, 15) is 5.11 Å². The van der Waals surface area contributed by atoms with Crippen LogP contribution >= 0.6 is 0 Å². The number of benzene rings is 1. The number of hydrogen-bond acceptors (Lipinski definition) is 8. The largest absolute Gasteiger partial charge is 0.493 e. The van der Waals surface area contributed by atoms with Gasteiger partial charge in [-0.15, -0.1) is 0 Å². The number of rotatable bonds is 8. The van der Waals surface area contributed by atoms with Crippen molar-refractivity contribution in [2.24, 2.45) is 5.92 Å². The number of aromatic nitrogens is 2. The van der Waals surface area contributed by atoms with E-state index in [2.05, 4.69) is 15.0 Å². The van der Waals surface area contributed by atoms with Gasteiger partial charge in [-0.3, -0.25) is 4.90 Å². The van der Waals surface area contributed by atoms with Crippen LogP contribution in [0.15, 0.2) is 16.7 Å². The highest BCUT2D eigenvalue weighted by atomic mass is 16.5. The third kappa shape index (κ3) is 4.23. The summed E-state index contributed by atoms with van der Waals surface area (Å²) in [5.74, 6) is 2.96. The van der Waals surface area contributed by atoms with Crippen LogP contribution in [-0.4, -0.2) is 60.7 Å². The normalized spacial score (nSPS) is 16.8. The second kappa shape index (κ2) is 9.25. The second-order valence-corrected chi connectivity index (χ2v) is 6.98. The third-order valence-electron chi connectivity index (χ3n) is 5.37. The van der Waals surface area contributed by atoms with E-state index in [0.717, 1.165) is 32.4 Å². The third-order valence-corrected chi connectivity index (χ3v) is 5.37. The molecule has 1 aliphatic rings. The zero-order valence-electron chi connectivity index (χ0n) is 17.0. The lowest BCUT2D eigenvalue weighted by Crippen LogP contribution is -2.37. The molecule has 1 aromatic heterocycles. The van der Waals surface area contributed by atoms with Crippen LogP contribution in [0.4, 0.5) is 0 Å². The first-order chi connectivity index (χ1) is 13.6. The Bertz CT molecular complexity index is 771. The molecule has 0 spiro atoms. The number of nitrogens with zero attached hydrogens (tertiary/aromatic N) is 3. The van der Waals surface area contributed by atoms with Gasteiger partial charge in [0.25, 0.3) is 0 Å². The molecule has 154 valence electrons. The molecule has 1 fully saturated rings. The van der Waals surface area contributed by atoms with Crippen molar-refractivity contribution in [3.63, 3.8) is 0 Å². The van der Waals surface area contributed by atoms with Gasteiger partial charge >= 0.3 is 0 Å². The fourth-order valence-corrected chi connectivity index (χ4v) is 3.73. The van der Waals surface area contributed by atoms with Gasteiger partial charge in [0.1, 0.15) is 0 Å². The van der Waals surface area contributed by atoms with Gasteiger partial charge in [0.2, 0.25) is 17.5 Å². The molecule has 1 N–H and O–H groups in total. The van der Waals surface area contributed by atoms with Crippen molar-refractivity contribution < 1.29 is 23.8 Å². The summed E-state index contributed by atoms with van der Waals surface area (Å²) in [5, 5.41) is 14.1. The molecule has 1 aromatic carbocycles. The van der Waals surface area contributed by atoms with Gasteiger partial charge < -0.3 is 23.8 Å². The van der Waals surface area contributed by atoms with Gasteiger partial charge in [0, 0.05) is 0 Å². The molecule has 0 aliphatic carbocycles. The van der Waals surface area contributed by atoms with E-state index in [1.807, 2.05) is 13.0 Å². The lowest BCUT2D eigenvalue weighted by Gasteiger charge is -2.33. The molecular weight excluding hydrogens is 362 g/mol. The van der Waals surface area contributed by atoms with Crippen LogP contribution in [0.2, 0.25) is 0 Å². The lowest BCUT2D eigenvalue weighted by atomic mass is 9.90. The average molecular weight is 391 g/mol. The number of likely N-dealkylation sites (tertiary alicyclic amines) is 1. The van der Waals surface area contributed by atoms with E-state index in [0.29, 0.717) is 47.0 Å². The molecule has 0 saturated carbocycles. The maximum Gasteiger partial charge on any atom is 0.241 e. The monoisotopic (exact) mass is 391 g/mol. The number of methoxy groups -OCH3 is 3. The van der Waals surface area contributed by atoms with Gasteiger partial charge in [-0.25, -0.2) is 0 Å². The van der Waals surface area contributed by atoms with Gasteiger partial charge in [0.05, 0.1) is 39.5 Å². The predicted molar refractivity (Wildman–Crippen MR) is 104 cm³/mol. The molecule has 2 heterocycles. The van der Waals surface area contributed by atoms with Crippen LogP contribution in [0.1, 0.15) is 32.1 Å². The molecule has 8 heteroatoms. The first kappa shape index (κ1) is 20.4. The highest BCUT2D eigenvalue weighted by molar-refractivity contribution is 5.71. The summed E-state index contributed by atoms with van der Waals surface area (Å²) in [4.78, 5) is 6.82. The summed E-state index contributed by atoms with van der Waals surface area (Å²) in [6, 6.07) is 3.61. The van der Waals surface area contributed by atoms with Gasteiger partial charge in [0.15, 0.2) is 11.5 Å². The van der Waals surface area contributed by atoms with Crippen molar-refractivity contribution in [1.29, 1.82) is 0 Å². The lowest BCUT2D eigenvalue weighted by molar-refractivity contribution is 0.0521. The van der Waals surface area contributed by atoms with Crippen LogP contribution < -0.4 is 14.2 Å². The average Bonchev–Trinajstić information content (AvgIpc) is 3.20. The predicted octanol–water partition coefficient (Wildman–Crippen LogP) is 2.75. The summed E-state index contributed by atoms with van der Waals surface area (Å²) >= 11 is 0. The standard InChI is InChI=1S/C20H29N3O5/c1-5-15(24)13-8-10-23(11-9-13)12-17-21-20(22-28-17)14-6-7-16(25-2)19(27-4)18(14)26-3/h6-7,13,15,24H,5,8-12H2,1-4H3/t15-/m0/s1. The summed E-state index contributed by atoms with van der Waals surface area (Å²) in [6.07, 6.45) is 2.58. The minimum atomic E-state index is -0.199. The summed E-state index contributed by atoms with van der Waals surface area (Å²) in [5.41, 5.74) is 0.680. The van der Waals surface area contributed by atoms with E-state index in [1.165, 1.54) is 0 Å². The van der Waals surface area contributed by atoms with E-state index in [1.54, 1.807) is 27.4 Å². The van der Waals surface area contributed by atoms with Crippen molar-refractivity contribution in [1.82, 2.24) is 15.0 Å². The zero-order valence-corrected chi connectivity index (χ0v) is 17.0. The minimum Gasteiger partial charge on any atom is -0.493 e. The zero-order chi connectivity index (χ0) is 20.1. The highest BCUT2D eigenvalue weighted by Crippen LogP contribution is 2.43. The van der Waals surface area contributed by atoms with Crippen molar-refractivity contribution in [2.75, 3.05) is 34.4 Å². The quantitative estimate of drug-likeness (QED) is 0.735. The summed E-state index contributed by atoms with van der Waals surface area (Å²) in [6.45, 7) is 4.45. The molecule has 3 rings (SSSR count). The molecule has 1 atom stereocenters. The van der Waals surface area contributed by atoms with Crippen molar-refractivity contribution in [2.45, 2.75) is 38.8 Å². The van der Waals surface area contributed by atoms with Gasteiger partial charge in [-0.2, -0.15) is 4.98 Å². The van der Waals surface area contributed by atoms with Gasteiger partial charge in [-0.1, -0.05) is 12.1 Å². The Morgan fingerprint density at radius 3 is 2.46 bits per heavy atom. The Morgan fingerprint density at radius 1 is 1.14 bits per heavy atom. The smallest absolute Gasteiger partial charge is 0.241 e. The molecule has 0 bridgehead atoms. The Morgan fingerprint density at radius 2 is 1.86 bits per heavy atom. The van der Waals surface area contributed by atoms with Crippen molar-refractivity contribution in [3.8, 4) is 28.6 Å². The molecular formula is C20H29N3O5. The van der Waals surface area contributed by atoms with Crippen LogP contribution in [0.3, 0.4) is 0 Å². The number of aliphatic hydroxyl groups excluding tert-OH is 1. The van der Waals surface area contributed by atoms with E-state index in [-0.39, 0.29) is 6.10 Å². The van der Waals surface area contributed by atoms with Crippen LogP contribution in [0.5, 0.6) is 17.2 Å². The van der Waals surface area contributed by atoms with Crippen LogP contribution in [0.25, 0.3) is 11.4 Å². The Kier molecular flexibility index (Phi) is 6.74. The van der Waals surface area contributed by atoms with Crippen molar-refractivity contribution >= 4 is 0 Å². The molecule has 28 heavy (non-hydrogen) atoms. The number of hydrogen-bond donors (Lipinski definition) is 1. The van der Waals surface area contributed by atoms with Crippen LogP contribution in [0, 0.1) is 5.92 Å². The molecule has 1 aliphatic heterocycles. The van der Waals surface area contributed by atoms with E-state index < -0.39 is 0 Å². The Balaban J connectivity index is 1.71. The maximum atomic E-state index is 10.0. The molecule has 2 aromatic rings. The SMILES string of the molecule is CC[C@H](O)C1CCN(Cc2nc(-c3ccc(OC)c(OC)c3OC)no2)CC1. The number of aliphatic hydroxyl groups is 1. The maximum absolute atomic E-state index is 10.0. The Hall–Kier alpha value is -2.32. The van der Waals surface area contributed by atoms with E-state index >= 15 is 0 Å². The summed E-state index contributed by atoms with van der Waals surface area (Å²) < 4.78 is 21.7. The van der Waals surface area contributed by atoms with Gasteiger partial charge in [-0.05, 0) is 50.4 Å². The van der Waals surface area contributed by atoms with Crippen molar-refractivity contribution in [3.05, 3.63) is 18.0 Å². The fraction of sp³-hybridized carbons (Fsp3) is 0.600. The molecule has 8 nitrogen and oxygen atoms in total. The highest BCUT2D eigenvalue weighted by Gasteiger charge is 2.26. The second-order valence-electron chi connectivity index (χ2n) is 6.98. The first-order valence-corrected chi connectivity index (χ1v) is 9.63. The summed E-state index contributed by atoms with van der Waals surface area (Å²) in [7, 11) is 4.70. The van der Waals surface area contributed by atoms with Crippen LogP contribution in [-0.2, 0) is 6.54 Å². The molecule has 1 saturated heterocycles. The Labute approximate surface area is 165 Å². The topological polar surface area (TPSA) is 90.1 Å². The first-order valence-electron chi connectivity index (χ1n) is 9.63. The van der Waals surface area contributed by atoms with E-state index in [4.69, 9.17) is 18.7 Å². The number of piperidine rings is 1. The molecule has 0 radical (unpaired) electrons. The number of ether oxygens (including phenoxy) is 3. The minimum absolute atomic E-state index is 0.199. The fourth-order valence-electron chi connectivity index (χ4n) is 3.73. The molecule has 0 unspecified atom stereocenters.